The van der Waals surface area contributed by atoms with Crippen LogP contribution in [0.2, 0.25) is 0 Å². The van der Waals surface area contributed by atoms with Gasteiger partial charge in [0.05, 0.1) is 11.6 Å². The Labute approximate surface area is 114 Å². The van der Waals surface area contributed by atoms with Crippen LogP contribution in [0.4, 0.5) is 10.2 Å². The highest BCUT2D eigenvalue weighted by atomic mass is 19.1. The number of benzene rings is 1. The highest BCUT2D eigenvalue weighted by Gasteiger charge is 2.29. The van der Waals surface area contributed by atoms with Crippen molar-refractivity contribution >= 4 is 11.7 Å². The molecule has 0 bridgehead atoms. The first-order chi connectivity index (χ1) is 9.67. The van der Waals surface area contributed by atoms with Crippen molar-refractivity contribution in [3.8, 4) is 11.8 Å². The second-order valence-corrected chi connectivity index (χ2v) is 4.69. The summed E-state index contributed by atoms with van der Waals surface area (Å²) in [6.07, 6.45) is 3.39. The summed E-state index contributed by atoms with van der Waals surface area (Å²) in [5.74, 6) is -0.0970. The lowest BCUT2D eigenvalue weighted by Crippen LogP contribution is -2.14. The lowest BCUT2D eigenvalue weighted by molar-refractivity contribution is -0.117. The van der Waals surface area contributed by atoms with Crippen LogP contribution in [-0.2, 0) is 4.79 Å². The van der Waals surface area contributed by atoms with Crippen LogP contribution in [0.5, 0.6) is 0 Å². The van der Waals surface area contributed by atoms with Gasteiger partial charge in [0.2, 0.25) is 5.91 Å². The molecule has 1 amide bonds. The van der Waals surface area contributed by atoms with Crippen molar-refractivity contribution in [2.75, 3.05) is 5.32 Å². The van der Waals surface area contributed by atoms with Gasteiger partial charge in [0.1, 0.15) is 11.5 Å². The van der Waals surface area contributed by atoms with Gasteiger partial charge in [0, 0.05) is 18.2 Å². The van der Waals surface area contributed by atoms with Crippen molar-refractivity contribution in [1.82, 2.24) is 9.78 Å². The number of aromatic nitrogens is 2. The standard InChI is InChI=1S/C14H11FN4O/c15-11-7-9(8-16)1-4-12(11)19-6-5-13(18-19)17-14(20)10-2-3-10/h1,4-7,10H,2-3H2,(H,17,18,20). The van der Waals surface area contributed by atoms with Gasteiger partial charge in [-0.15, -0.1) is 5.10 Å². The number of nitrogens with zero attached hydrogens (tertiary/aromatic N) is 3. The molecule has 100 valence electrons. The Morgan fingerprint density at radius 2 is 2.25 bits per heavy atom. The summed E-state index contributed by atoms with van der Waals surface area (Å²) < 4.78 is 15.2. The third kappa shape index (κ3) is 2.38. The number of carbonyl (C=O) groups excluding carboxylic acids is 1. The molecule has 1 aromatic carbocycles. The first-order valence-corrected chi connectivity index (χ1v) is 6.24. The highest BCUT2D eigenvalue weighted by molar-refractivity contribution is 5.93. The van der Waals surface area contributed by atoms with Crippen LogP contribution in [-0.4, -0.2) is 15.7 Å². The van der Waals surface area contributed by atoms with Crippen LogP contribution < -0.4 is 5.32 Å². The average molecular weight is 270 g/mol. The van der Waals surface area contributed by atoms with Gasteiger partial charge >= 0.3 is 0 Å². The van der Waals surface area contributed by atoms with Crippen molar-refractivity contribution in [1.29, 1.82) is 5.26 Å². The van der Waals surface area contributed by atoms with Crippen molar-refractivity contribution in [3.05, 3.63) is 41.8 Å². The van der Waals surface area contributed by atoms with E-state index in [2.05, 4.69) is 10.4 Å². The topological polar surface area (TPSA) is 70.7 Å². The van der Waals surface area contributed by atoms with Gasteiger partial charge in [-0.05, 0) is 31.0 Å². The minimum Gasteiger partial charge on any atom is -0.309 e. The van der Waals surface area contributed by atoms with Crippen molar-refractivity contribution in [2.24, 2.45) is 5.92 Å². The molecule has 0 atom stereocenters. The van der Waals surface area contributed by atoms with E-state index in [1.807, 2.05) is 6.07 Å². The Morgan fingerprint density at radius 3 is 2.90 bits per heavy atom. The van der Waals surface area contributed by atoms with Crippen molar-refractivity contribution in [2.45, 2.75) is 12.8 Å². The Morgan fingerprint density at radius 1 is 1.45 bits per heavy atom. The number of nitriles is 1. The first-order valence-electron chi connectivity index (χ1n) is 6.24. The van der Waals surface area contributed by atoms with Crippen LogP contribution >= 0.6 is 0 Å². The smallest absolute Gasteiger partial charge is 0.228 e. The van der Waals surface area contributed by atoms with Gasteiger partial charge in [-0.2, -0.15) is 5.26 Å². The Kier molecular flexibility index (Phi) is 2.95. The maximum atomic E-state index is 13.8. The summed E-state index contributed by atoms with van der Waals surface area (Å²) in [5.41, 5.74) is 0.483. The molecule has 3 rings (SSSR count). The predicted octanol–water partition coefficient (Wildman–Crippen LogP) is 2.23. The van der Waals surface area contributed by atoms with Crippen LogP contribution in [0.3, 0.4) is 0 Å². The average Bonchev–Trinajstić information content (AvgIpc) is 3.20. The number of rotatable bonds is 3. The van der Waals surface area contributed by atoms with E-state index in [1.165, 1.54) is 16.8 Å². The Hall–Kier alpha value is -2.68. The lowest BCUT2D eigenvalue weighted by Gasteiger charge is -2.03. The number of carbonyl (C=O) groups is 1. The molecule has 5 nitrogen and oxygen atoms in total. The number of halogens is 1. The first kappa shape index (κ1) is 12.4. The summed E-state index contributed by atoms with van der Waals surface area (Å²) in [6, 6.07) is 7.63. The number of amides is 1. The van der Waals surface area contributed by atoms with Gasteiger partial charge in [-0.25, -0.2) is 9.07 Å². The quantitative estimate of drug-likeness (QED) is 0.929. The third-order valence-electron chi connectivity index (χ3n) is 3.11. The maximum absolute atomic E-state index is 13.8. The van der Waals surface area contributed by atoms with E-state index >= 15 is 0 Å². The summed E-state index contributed by atoms with van der Waals surface area (Å²) >= 11 is 0. The van der Waals surface area contributed by atoms with E-state index in [-0.39, 0.29) is 23.1 Å². The Balaban J connectivity index is 1.82. The molecule has 1 aliphatic carbocycles. The summed E-state index contributed by atoms with van der Waals surface area (Å²) in [6.45, 7) is 0. The molecule has 0 aliphatic heterocycles. The number of hydrogen-bond acceptors (Lipinski definition) is 3. The molecule has 0 unspecified atom stereocenters. The third-order valence-corrected chi connectivity index (χ3v) is 3.11. The number of hydrogen-bond donors (Lipinski definition) is 1. The molecule has 1 fully saturated rings. The molecule has 0 radical (unpaired) electrons. The van der Waals surface area contributed by atoms with Gasteiger partial charge in [0.15, 0.2) is 5.82 Å². The molecule has 1 N–H and O–H groups in total. The SMILES string of the molecule is N#Cc1ccc(-n2ccc(NC(=O)C3CC3)n2)c(F)c1. The zero-order valence-electron chi connectivity index (χ0n) is 10.5. The lowest BCUT2D eigenvalue weighted by atomic mass is 10.2. The van der Waals surface area contributed by atoms with E-state index in [0.717, 1.165) is 18.9 Å². The van der Waals surface area contributed by atoms with Gasteiger partial charge in [-0.1, -0.05) is 0 Å². The largest absolute Gasteiger partial charge is 0.309 e. The van der Waals surface area contributed by atoms with E-state index in [0.29, 0.717) is 5.82 Å². The predicted molar refractivity (Wildman–Crippen MR) is 69.6 cm³/mol. The minimum atomic E-state index is -0.535. The fourth-order valence-corrected chi connectivity index (χ4v) is 1.86. The maximum Gasteiger partial charge on any atom is 0.228 e. The second kappa shape index (κ2) is 4.78. The second-order valence-electron chi connectivity index (χ2n) is 4.69. The summed E-state index contributed by atoms with van der Waals surface area (Å²) in [4.78, 5) is 11.6. The van der Waals surface area contributed by atoms with E-state index in [1.54, 1.807) is 12.3 Å². The monoisotopic (exact) mass is 270 g/mol. The van der Waals surface area contributed by atoms with Crippen LogP contribution in [0.15, 0.2) is 30.5 Å². The molecule has 1 heterocycles. The minimum absolute atomic E-state index is 0.0458. The fourth-order valence-electron chi connectivity index (χ4n) is 1.86. The molecular formula is C14H11FN4O. The molecule has 1 aliphatic rings. The van der Waals surface area contributed by atoms with Crippen LogP contribution in [0.25, 0.3) is 5.69 Å². The zero-order valence-corrected chi connectivity index (χ0v) is 10.5. The van der Waals surface area contributed by atoms with Crippen LogP contribution in [0.1, 0.15) is 18.4 Å². The van der Waals surface area contributed by atoms with Gasteiger partial charge < -0.3 is 5.32 Å². The highest BCUT2D eigenvalue weighted by Crippen LogP contribution is 2.30. The van der Waals surface area contributed by atoms with E-state index < -0.39 is 5.82 Å². The molecule has 0 spiro atoms. The number of nitrogens with one attached hydrogen (secondary N) is 1. The molecule has 2 aromatic rings. The molecule has 1 saturated carbocycles. The van der Waals surface area contributed by atoms with E-state index in [9.17, 15) is 9.18 Å². The number of anilines is 1. The molecule has 20 heavy (non-hydrogen) atoms. The fraction of sp³-hybridized carbons (Fsp3) is 0.214. The summed E-state index contributed by atoms with van der Waals surface area (Å²) in [5, 5.41) is 15.5. The molecule has 1 aromatic heterocycles. The molecule has 6 heteroatoms. The Bertz CT molecular complexity index is 712. The molecule has 0 saturated heterocycles. The van der Waals surface area contributed by atoms with Gasteiger partial charge in [0.25, 0.3) is 0 Å². The normalized spacial score (nSPS) is 13.8. The van der Waals surface area contributed by atoms with Crippen molar-refractivity contribution < 1.29 is 9.18 Å². The van der Waals surface area contributed by atoms with E-state index in [4.69, 9.17) is 5.26 Å². The molecular weight excluding hydrogens is 259 g/mol. The zero-order chi connectivity index (χ0) is 14.1. The summed E-state index contributed by atoms with van der Waals surface area (Å²) in [7, 11) is 0. The van der Waals surface area contributed by atoms with Gasteiger partial charge in [-0.3, -0.25) is 4.79 Å². The van der Waals surface area contributed by atoms with Crippen LogP contribution in [0, 0.1) is 23.1 Å². The van der Waals surface area contributed by atoms with Crippen molar-refractivity contribution in [3.63, 3.8) is 0 Å².